The van der Waals surface area contributed by atoms with Crippen molar-refractivity contribution in [3.05, 3.63) is 0 Å². The fraction of sp³-hybridized carbons (Fsp3) is 1.00. The maximum atomic E-state index is 10.8. The molecule has 0 spiro atoms. The van der Waals surface area contributed by atoms with E-state index in [-0.39, 0.29) is 0 Å². The summed E-state index contributed by atoms with van der Waals surface area (Å²) in [6.07, 6.45) is 4.73. The van der Waals surface area contributed by atoms with Gasteiger partial charge in [-0.05, 0) is 32.4 Å². The summed E-state index contributed by atoms with van der Waals surface area (Å²) < 4.78 is 24.0. The van der Waals surface area contributed by atoms with Gasteiger partial charge in [-0.2, -0.15) is 0 Å². The first-order chi connectivity index (χ1) is 6.53. The zero-order valence-corrected chi connectivity index (χ0v) is 9.81. The van der Waals surface area contributed by atoms with Gasteiger partial charge in [0.2, 0.25) is 10.0 Å². The van der Waals surface area contributed by atoms with Gasteiger partial charge in [0.05, 0.1) is 6.26 Å². The first-order valence-electron chi connectivity index (χ1n) is 5.21. The fourth-order valence-electron chi connectivity index (χ4n) is 1.58. The molecule has 0 aromatic carbocycles. The highest BCUT2D eigenvalue weighted by Gasteiger charge is 2.26. The molecule has 1 aliphatic rings. The van der Waals surface area contributed by atoms with Crippen molar-refractivity contribution < 1.29 is 8.42 Å². The maximum absolute atomic E-state index is 10.8. The molecule has 0 heterocycles. The van der Waals surface area contributed by atoms with E-state index in [1.807, 2.05) is 0 Å². The average molecular weight is 220 g/mol. The highest BCUT2D eigenvalue weighted by molar-refractivity contribution is 7.88. The monoisotopic (exact) mass is 220 g/mol. The Bertz CT molecular complexity index is 260. The Morgan fingerprint density at radius 3 is 2.50 bits per heavy atom. The Morgan fingerprint density at radius 1 is 1.43 bits per heavy atom. The molecule has 4 nitrogen and oxygen atoms in total. The SMILES string of the molecule is CCN(CCCNS(C)(=O)=O)C1CC1. The highest BCUT2D eigenvalue weighted by atomic mass is 32.2. The molecular weight excluding hydrogens is 200 g/mol. The molecule has 0 radical (unpaired) electrons. The fourth-order valence-corrected chi connectivity index (χ4v) is 2.09. The molecule has 0 bridgehead atoms. The molecule has 14 heavy (non-hydrogen) atoms. The lowest BCUT2D eigenvalue weighted by atomic mass is 10.3. The van der Waals surface area contributed by atoms with Crippen LogP contribution in [-0.4, -0.2) is 45.2 Å². The molecule has 1 fully saturated rings. The zero-order chi connectivity index (χ0) is 10.6. The van der Waals surface area contributed by atoms with E-state index in [9.17, 15) is 8.42 Å². The third-order valence-corrected chi connectivity index (χ3v) is 3.18. The number of hydrogen-bond donors (Lipinski definition) is 1. The Kier molecular flexibility index (Phi) is 4.34. The van der Waals surface area contributed by atoms with Gasteiger partial charge in [0.25, 0.3) is 0 Å². The smallest absolute Gasteiger partial charge is 0.208 e. The van der Waals surface area contributed by atoms with Gasteiger partial charge < -0.3 is 4.90 Å². The zero-order valence-electron chi connectivity index (χ0n) is 8.99. The number of hydrogen-bond acceptors (Lipinski definition) is 3. The second-order valence-corrected chi connectivity index (χ2v) is 5.71. The molecule has 1 saturated carbocycles. The molecule has 1 aliphatic carbocycles. The summed E-state index contributed by atoms with van der Waals surface area (Å²) in [5.74, 6) is 0. The van der Waals surface area contributed by atoms with Crippen LogP contribution in [0.25, 0.3) is 0 Å². The maximum Gasteiger partial charge on any atom is 0.208 e. The van der Waals surface area contributed by atoms with Crippen molar-refractivity contribution in [2.24, 2.45) is 0 Å². The van der Waals surface area contributed by atoms with Crippen LogP contribution in [0.1, 0.15) is 26.2 Å². The number of nitrogens with one attached hydrogen (secondary N) is 1. The van der Waals surface area contributed by atoms with Crippen LogP contribution in [0.4, 0.5) is 0 Å². The van der Waals surface area contributed by atoms with E-state index < -0.39 is 10.0 Å². The van der Waals surface area contributed by atoms with Crippen molar-refractivity contribution in [2.45, 2.75) is 32.2 Å². The van der Waals surface area contributed by atoms with Crippen molar-refractivity contribution in [3.8, 4) is 0 Å². The lowest BCUT2D eigenvalue weighted by Gasteiger charge is -2.19. The van der Waals surface area contributed by atoms with Crippen molar-refractivity contribution in [2.75, 3.05) is 25.9 Å². The first kappa shape index (κ1) is 11.9. The minimum atomic E-state index is -3.00. The van der Waals surface area contributed by atoms with E-state index in [1.54, 1.807) is 0 Å². The number of sulfonamides is 1. The summed E-state index contributed by atoms with van der Waals surface area (Å²) in [5, 5.41) is 0. The second kappa shape index (κ2) is 5.09. The molecule has 0 saturated heterocycles. The molecule has 0 aliphatic heterocycles. The molecule has 0 amide bonds. The molecule has 0 atom stereocenters. The van der Waals surface area contributed by atoms with Gasteiger partial charge in [0.1, 0.15) is 0 Å². The van der Waals surface area contributed by atoms with Gasteiger partial charge in [-0.1, -0.05) is 6.92 Å². The van der Waals surface area contributed by atoms with E-state index in [0.717, 1.165) is 25.6 Å². The van der Waals surface area contributed by atoms with Gasteiger partial charge in [0.15, 0.2) is 0 Å². The van der Waals surface area contributed by atoms with Crippen LogP contribution in [-0.2, 0) is 10.0 Å². The number of nitrogens with zero attached hydrogens (tertiary/aromatic N) is 1. The Hall–Kier alpha value is -0.130. The predicted molar refractivity (Wildman–Crippen MR) is 57.7 cm³/mol. The van der Waals surface area contributed by atoms with E-state index in [4.69, 9.17) is 0 Å². The van der Waals surface area contributed by atoms with E-state index in [1.165, 1.54) is 19.1 Å². The molecule has 0 aromatic rings. The van der Waals surface area contributed by atoms with Gasteiger partial charge in [-0.3, -0.25) is 0 Å². The third kappa shape index (κ3) is 4.93. The lowest BCUT2D eigenvalue weighted by Crippen LogP contribution is -2.30. The van der Waals surface area contributed by atoms with Crippen LogP contribution in [0.2, 0.25) is 0 Å². The highest BCUT2D eigenvalue weighted by Crippen LogP contribution is 2.26. The summed E-state index contributed by atoms with van der Waals surface area (Å²) in [6.45, 7) is 4.79. The van der Waals surface area contributed by atoms with Gasteiger partial charge in [-0.15, -0.1) is 0 Å². The van der Waals surface area contributed by atoms with Crippen molar-refractivity contribution in [1.29, 1.82) is 0 Å². The summed E-state index contributed by atoms with van der Waals surface area (Å²) >= 11 is 0. The minimum Gasteiger partial charge on any atom is -0.301 e. The van der Waals surface area contributed by atoms with Crippen molar-refractivity contribution >= 4 is 10.0 Å². The van der Waals surface area contributed by atoms with Crippen LogP contribution < -0.4 is 4.72 Å². The van der Waals surface area contributed by atoms with E-state index in [0.29, 0.717) is 6.54 Å². The molecule has 0 unspecified atom stereocenters. The summed E-state index contributed by atoms with van der Waals surface area (Å²) in [6, 6.07) is 0.776. The minimum absolute atomic E-state index is 0.558. The quantitative estimate of drug-likeness (QED) is 0.632. The largest absolute Gasteiger partial charge is 0.301 e. The van der Waals surface area contributed by atoms with Crippen LogP contribution in [0, 0.1) is 0 Å². The predicted octanol–water partition coefficient (Wildman–Crippen LogP) is 0.410. The van der Waals surface area contributed by atoms with Gasteiger partial charge in [0, 0.05) is 12.6 Å². The molecule has 84 valence electrons. The topological polar surface area (TPSA) is 49.4 Å². The number of rotatable bonds is 7. The molecule has 1 rings (SSSR count). The molecular formula is C9H20N2O2S. The second-order valence-electron chi connectivity index (χ2n) is 3.88. The Labute approximate surface area is 86.7 Å². The first-order valence-corrected chi connectivity index (χ1v) is 7.10. The molecule has 5 heteroatoms. The van der Waals surface area contributed by atoms with Crippen molar-refractivity contribution in [1.82, 2.24) is 9.62 Å². The Balaban J connectivity index is 2.07. The van der Waals surface area contributed by atoms with Crippen LogP contribution in [0.15, 0.2) is 0 Å². The van der Waals surface area contributed by atoms with Crippen LogP contribution in [0.3, 0.4) is 0 Å². The van der Waals surface area contributed by atoms with E-state index in [2.05, 4.69) is 16.5 Å². The van der Waals surface area contributed by atoms with E-state index >= 15 is 0 Å². The normalized spacial score (nSPS) is 17.6. The van der Waals surface area contributed by atoms with Crippen molar-refractivity contribution in [3.63, 3.8) is 0 Å². The molecule has 1 N–H and O–H groups in total. The van der Waals surface area contributed by atoms with Crippen LogP contribution >= 0.6 is 0 Å². The Morgan fingerprint density at radius 2 is 2.07 bits per heavy atom. The van der Waals surface area contributed by atoms with Gasteiger partial charge in [-0.25, -0.2) is 13.1 Å². The lowest BCUT2D eigenvalue weighted by molar-refractivity contribution is 0.275. The van der Waals surface area contributed by atoms with Gasteiger partial charge >= 0.3 is 0 Å². The molecule has 0 aromatic heterocycles. The third-order valence-electron chi connectivity index (χ3n) is 2.46. The van der Waals surface area contributed by atoms with Crippen LogP contribution in [0.5, 0.6) is 0 Å². The summed E-state index contributed by atoms with van der Waals surface area (Å²) in [4.78, 5) is 2.42. The summed E-state index contributed by atoms with van der Waals surface area (Å²) in [7, 11) is -3.00. The average Bonchev–Trinajstić information content (AvgIpc) is 2.86. The summed E-state index contributed by atoms with van der Waals surface area (Å²) in [5.41, 5.74) is 0. The standard InChI is InChI=1S/C9H20N2O2S/c1-3-11(9-5-6-9)8-4-7-10-14(2,12)13/h9-10H,3-8H2,1-2H3.